The summed E-state index contributed by atoms with van der Waals surface area (Å²) in [6, 6.07) is 1.86. The normalized spacial score (nSPS) is 15.3. The number of anilines is 1. The SMILES string of the molecule is COc1cc(F)c(NC(=O)C2CCNCC2)cc1F.Cl. The Balaban J connectivity index is 0.00000200. The van der Waals surface area contributed by atoms with Crippen molar-refractivity contribution in [2.75, 3.05) is 25.5 Å². The van der Waals surface area contributed by atoms with Gasteiger partial charge in [0.25, 0.3) is 0 Å². The second-order valence-corrected chi connectivity index (χ2v) is 4.48. The van der Waals surface area contributed by atoms with Crippen molar-refractivity contribution in [3.63, 3.8) is 0 Å². The molecule has 2 rings (SSSR count). The number of benzene rings is 1. The van der Waals surface area contributed by atoms with Gasteiger partial charge in [-0.1, -0.05) is 0 Å². The van der Waals surface area contributed by atoms with Crippen LogP contribution in [0.5, 0.6) is 5.75 Å². The van der Waals surface area contributed by atoms with Crippen LogP contribution in [0.1, 0.15) is 12.8 Å². The van der Waals surface area contributed by atoms with E-state index in [1.165, 1.54) is 7.11 Å². The number of piperidine rings is 1. The third-order valence-electron chi connectivity index (χ3n) is 3.21. The molecule has 0 aliphatic carbocycles. The molecule has 0 aromatic heterocycles. The molecule has 0 atom stereocenters. The highest BCUT2D eigenvalue weighted by molar-refractivity contribution is 5.92. The Bertz CT molecular complexity index is 480. The van der Waals surface area contributed by atoms with E-state index in [2.05, 4.69) is 15.4 Å². The summed E-state index contributed by atoms with van der Waals surface area (Å²) in [4.78, 5) is 11.9. The van der Waals surface area contributed by atoms with Gasteiger partial charge in [0, 0.05) is 18.1 Å². The van der Waals surface area contributed by atoms with E-state index in [0.29, 0.717) is 12.8 Å². The van der Waals surface area contributed by atoms with Crippen molar-refractivity contribution in [2.45, 2.75) is 12.8 Å². The van der Waals surface area contributed by atoms with E-state index < -0.39 is 11.6 Å². The van der Waals surface area contributed by atoms with Crippen LogP contribution < -0.4 is 15.4 Å². The van der Waals surface area contributed by atoms with Crippen LogP contribution in [-0.4, -0.2) is 26.1 Å². The largest absolute Gasteiger partial charge is 0.494 e. The lowest BCUT2D eigenvalue weighted by molar-refractivity contribution is -0.120. The number of halogens is 3. The fourth-order valence-corrected chi connectivity index (χ4v) is 2.10. The molecule has 1 aromatic rings. The molecule has 4 nitrogen and oxygen atoms in total. The molecule has 1 amide bonds. The maximum absolute atomic E-state index is 13.7. The fourth-order valence-electron chi connectivity index (χ4n) is 2.10. The second-order valence-electron chi connectivity index (χ2n) is 4.48. The molecule has 1 fully saturated rings. The molecular weight excluding hydrogens is 290 g/mol. The van der Waals surface area contributed by atoms with E-state index in [9.17, 15) is 13.6 Å². The third kappa shape index (κ3) is 3.80. The molecular formula is C13H17ClF2N2O2. The number of carbonyl (C=O) groups excluding carboxylic acids is 1. The average molecular weight is 307 g/mol. The number of amides is 1. The van der Waals surface area contributed by atoms with Gasteiger partial charge in [0.15, 0.2) is 17.4 Å². The zero-order chi connectivity index (χ0) is 13.8. The van der Waals surface area contributed by atoms with Crippen LogP contribution in [-0.2, 0) is 4.79 Å². The number of rotatable bonds is 3. The van der Waals surface area contributed by atoms with E-state index in [1.807, 2.05) is 0 Å². The number of methoxy groups -OCH3 is 1. The molecule has 2 N–H and O–H groups in total. The van der Waals surface area contributed by atoms with E-state index >= 15 is 0 Å². The molecule has 0 unspecified atom stereocenters. The van der Waals surface area contributed by atoms with Gasteiger partial charge in [0.1, 0.15) is 0 Å². The van der Waals surface area contributed by atoms with Gasteiger partial charge in [0.05, 0.1) is 12.8 Å². The Kier molecular flexibility index (Phi) is 6.16. The topological polar surface area (TPSA) is 50.4 Å². The summed E-state index contributed by atoms with van der Waals surface area (Å²) in [5.74, 6) is -2.03. The van der Waals surface area contributed by atoms with Crippen molar-refractivity contribution < 1.29 is 18.3 Å². The summed E-state index contributed by atoms with van der Waals surface area (Å²) in [6.07, 6.45) is 1.40. The molecule has 1 aliphatic rings. The van der Waals surface area contributed by atoms with Crippen molar-refractivity contribution in [1.82, 2.24) is 5.32 Å². The van der Waals surface area contributed by atoms with E-state index in [4.69, 9.17) is 0 Å². The van der Waals surface area contributed by atoms with E-state index in [1.54, 1.807) is 0 Å². The number of ether oxygens (including phenoxy) is 1. The minimum Gasteiger partial charge on any atom is -0.494 e. The van der Waals surface area contributed by atoms with Crippen LogP contribution in [0.2, 0.25) is 0 Å². The van der Waals surface area contributed by atoms with Crippen LogP contribution in [0.3, 0.4) is 0 Å². The molecule has 0 radical (unpaired) electrons. The van der Waals surface area contributed by atoms with Crippen molar-refractivity contribution >= 4 is 24.0 Å². The lowest BCUT2D eigenvalue weighted by Gasteiger charge is -2.22. The highest BCUT2D eigenvalue weighted by atomic mass is 35.5. The van der Waals surface area contributed by atoms with Crippen molar-refractivity contribution in [2.24, 2.45) is 5.92 Å². The first kappa shape index (κ1) is 16.7. The molecule has 0 saturated carbocycles. The van der Waals surface area contributed by atoms with Crippen LogP contribution in [0.4, 0.5) is 14.5 Å². The molecule has 1 aromatic carbocycles. The van der Waals surface area contributed by atoms with E-state index in [0.717, 1.165) is 25.2 Å². The second kappa shape index (κ2) is 7.40. The van der Waals surface area contributed by atoms with Gasteiger partial charge in [-0.2, -0.15) is 0 Å². The van der Waals surface area contributed by atoms with Crippen LogP contribution in [0, 0.1) is 17.6 Å². The monoisotopic (exact) mass is 306 g/mol. The van der Waals surface area contributed by atoms with Crippen molar-refractivity contribution in [3.8, 4) is 5.75 Å². The summed E-state index contributed by atoms with van der Waals surface area (Å²) >= 11 is 0. The first-order valence-electron chi connectivity index (χ1n) is 6.16. The molecule has 0 bridgehead atoms. The van der Waals surface area contributed by atoms with Crippen LogP contribution in [0.15, 0.2) is 12.1 Å². The van der Waals surface area contributed by atoms with Gasteiger partial charge in [0.2, 0.25) is 5.91 Å². The van der Waals surface area contributed by atoms with Gasteiger partial charge < -0.3 is 15.4 Å². The Labute approximate surface area is 122 Å². The van der Waals surface area contributed by atoms with Gasteiger partial charge >= 0.3 is 0 Å². The maximum atomic E-state index is 13.7. The minimum atomic E-state index is -0.708. The first-order chi connectivity index (χ1) is 9.11. The third-order valence-corrected chi connectivity index (χ3v) is 3.21. The van der Waals surface area contributed by atoms with Gasteiger partial charge in [-0.25, -0.2) is 8.78 Å². The fraction of sp³-hybridized carbons (Fsp3) is 0.462. The quantitative estimate of drug-likeness (QED) is 0.901. The van der Waals surface area contributed by atoms with Crippen LogP contribution in [0.25, 0.3) is 0 Å². The summed E-state index contributed by atoms with van der Waals surface area (Å²) in [5, 5.41) is 5.57. The standard InChI is InChI=1S/C13H16F2N2O2.ClH/c1-19-12-7-9(14)11(6-10(12)15)17-13(18)8-2-4-16-5-3-8;/h6-8,16H,2-5H2,1H3,(H,17,18);1H. The number of nitrogens with one attached hydrogen (secondary N) is 2. The Morgan fingerprint density at radius 1 is 1.30 bits per heavy atom. The highest BCUT2D eigenvalue weighted by Gasteiger charge is 2.22. The van der Waals surface area contributed by atoms with Gasteiger partial charge in [-0.15, -0.1) is 12.4 Å². The minimum absolute atomic E-state index is 0. The summed E-state index contributed by atoms with van der Waals surface area (Å²) in [7, 11) is 1.26. The average Bonchev–Trinajstić information content (AvgIpc) is 2.43. The van der Waals surface area contributed by atoms with Crippen LogP contribution >= 0.6 is 12.4 Å². The number of hydrogen-bond donors (Lipinski definition) is 2. The number of carbonyl (C=O) groups is 1. The molecule has 112 valence electrons. The predicted molar refractivity (Wildman–Crippen MR) is 74.4 cm³/mol. The first-order valence-corrected chi connectivity index (χ1v) is 6.16. The summed E-state index contributed by atoms with van der Waals surface area (Å²) in [6.45, 7) is 1.52. The number of hydrogen-bond acceptors (Lipinski definition) is 3. The Hall–Kier alpha value is -1.40. The molecule has 1 aliphatic heterocycles. The van der Waals surface area contributed by atoms with Gasteiger partial charge in [-0.3, -0.25) is 4.79 Å². The Morgan fingerprint density at radius 3 is 2.55 bits per heavy atom. The molecule has 20 heavy (non-hydrogen) atoms. The highest BCUT2D eigenvalue weighted by Crippen LogP contribution is 2.25. The predicted octanol–water partition coefficient (Wildman–Crippen LogP) is 2.33. The summed E-state index contributed by atoms with van der Waals surface area (Å²) < 4.78 is 31.8. The maximum Gasteiger partial charge on any atom is 0.227 e. The lowest BCUT2D eigenvalue weighted by Crippen LogP contribution is -2.34. The smallest absolute Gasteiger partial charge is 0.227 e. The van der Waals surface area contributed by atoms with Crippen molar-refractivity contribution in [3.05, 3.63) is 23.8 Å². The molecule has 1 saturated heterocycles. The van der Waals surface area contributed by atoms with Gasteiger partial charge in [-0.05, 0) is 25.9 Å². The summed E-state index contributed by atoms with van der Waals surface area (Å²) in [5.41, 5.74) is -0.151. The van der Waals surface area contributed by atoms with E-state index in [-0.39, 0.29) is 35.7 Å². The molecule has 7 heteroatoms. The zero-order valence-corrected chi connectivity index (χ0v) is 11.9. The Morgan fingerprint density at radius 2 is 1.95 bits per heavy atom. The van der Waals surface area contributed by atoms with Crippen molar-refractivity contribution in [1.29, 1.82) is 0 Å². The molecule has 0 spiro atoms. The lowest BCUT2D eigenvalue weighted by atomic mass is 9.97. The molecule has 1 heterocycles. The zero-order valence-electron chi connectivity index (χ0n) is 11.0.